The first-order valence-corrected chi connectivity index (χ1v) is 4.43. The highest BCUT2D eigenvalue weighted by atomic mass is 16.5. The van der Waals surface area contributed by atoms with Gasteiger partial charge in [-0.3, -0.25) is 4.40 Å². The van der Waals surface area contributed by atoms with Gasteiger partial charge in [0.05, 0.1) is 0 Å². The quantitative estimate of drug-likeness (QED) is 0.589. The minimum atomic E-state index is 0.415. The van der Waals surface area contributed by atoms with Crippen LogP contribution in [-0.2, 0) is 0 Å². The monoisotopic (exact) mass is 201 g/mol. The number of fused-ring (bicyclic) bond motifs is 1. The van der Waals surface area contributed by atoms with Gasteiger partial charge < -0.3 is 4.52 Å². The third-order valence-corrected chi connectivity index (χ3v) is 2.01. The zero-order chi connectivity index (χ0) is 10.3. The molecule has 0 saturated carbocycles. The van der Waals surface area contributed by atoms with Gasteiger partial charge in [-0.05, 0) is 13.0 Å². The van der Waals surface area contributed by atoms with Gasteiger partial charge in [-0.1, -0.05) is 5.16 Å². The predicted molar refractivity (Wildman–Crippen MR) is 51.0 cm³/mol. The third-order valence-electron chi connectivity index (χ3n) is 2.01. The number of rotatable bonds is 1. The van der Waals surface area contributed by atoms with Crippen molar-refractivity contribution in [2.24, 2.45) is 0 Å². The van der Waals surface area contributed by atoms with Crippen molar-refractivity contribution in [2.75, 3.05) is 0 Å². The van der Waals surface area contributed by atoms with Gasteiger partial charge >= 0.3 is 0 Å². The van der Waals surface area contributed by atoms with Gasteiger partial charge in [0.15, 0.2) is 5.82 Å². The lowest BCUT2D eigenvalue weighted by molar-refractivity contribution is 0.424. The maximum atomic E-state index is 5.02. The Bertz CT molecular complexity index is 612. The molecule has 74 valence electrons. The summed E-state index contributed by atoms with van der Waals surface area (Å²) in [5, 5.41) is 3.71. The second-order valence-electron chi connectivity index (χ2n) is 3.09. The molecule has 0 aliphatic rings. The molecule has 0 spiro atoms. The van der Waals surface area contributed by atoms with Crippen LogP contribution in [0.25, 0.3) is 17.4 Å². The molecule has 0 saturated heterocycles. The van der Waals surface area contributed by atoms with Crippen LogP contribution in [0.3, 0.4) is 0 Å². The first-order chi connectivity index (χ1) is 7.33. The van der Waals surface area contributed by atoms with Crippen molar-refractivity contribution in [2.45, 2.75) is 6.92 Å². The summed E-state index contributed by atoms with van der Waals surface area (Å²) in [6.07, 6.45) is 5.36. The molecule has 0 atom stereocenters. The Hall–Kier alpha value is -2.24. The van der Waals surface area contributed by atoms with Crippen LogP contribution in [0, 0.1) is 6.92 Å². The average molecular weight is 201 g/mol. The highest BCUT2D eigenvalue weighted by Crippen LogP contribution is 2.14. The topological polar surface area (TPSA) is 69.1 Å². The van der Waals surface area contributed by atoms with E-state index in [1.165, 1.54) is 0 Å². The Morgan fingerprint density at radius 1 is 1.27 bits per heavy atom. The predicted octanol–water partition coefficient (Wildman–Crippen LogP) is 1.09. The number of hydrogen-bond acceptors (Lipinski definition) is 5. The van der Waals surface area contributed by atoms with E-state index in [-0.39, 0.29) is 0 Å². The lowest BCUT2D eigenvalue weighted by Gasteiger charge is -1.94. The van der Waals surface area contributed by atoms with Crippen molar-refractivity contribution in [3.63, 3.8) is 0 Å². The highest BCUT2D eigenvalue weighted by molar-refractivity contribution is 5.49. The van der Waals surface area contributed by atoms with Gasteiger partial charge in [0.2, 0.25) is 5.78 Å². The highest BCUT2D eigenvalue weighted by Gasteiger charge is 2.08. The van der Waals surface area contributed by atoms with Crippen molar-refractivity contribution >= 4 is 5.78 Å². The molecule has 3 aromatic rings. The Morgan fingerprint density at radius 3 is 3.00 bits per heavy atom. The standard InChI is InChI=1S/C9H7N5O/c1-6-11-8(15-13-6)7-2-4-14-5-3-10-9(14)12-7/h2-5H,1H3. The van der Waals surface area contributed by atoms with E-state index in [2.05, 4.69) is 20.1 Å². The second-order valence-corrected chi connectivity index (χ2v) is 3.09. The van der Waals surface area contributed by atoms with Crippen LogP contribution in [-0.4, -0.2) is 24.5 Å². The van der Waals surface area contributed by atoms with Gasteiger partial charge in [0.25, 0.3) is 5.89 Å². The molecule has 0 radical (unpaired) electrons. The average Bonchev–Trinajstić information content (AvgIpc) is 2.84. The molecule has 0 amide bonds. The number of imidazole rings is 1. The lowest BCUT2D eigenvalue weighted by atomic mass is 10.4. The fourth-order valence-corrected chi connectivity index (χ4v) is 1.32. The third kappa shape index (κ3) is 1.26. The van der Waals surface area contributed by atoms with Gasteiger partial charge in [0, 0.05) is 18.6 Å². The largest absolute Gasteiger partial charge is 0.332 e. The summed E-state index contributed by atoms with van der Waals surface area (Å²) in [5.41, 5.74) is 0.634. The molecular weight excluding hydrogens is 194 g/mol. The summed E-state index contributed by atoms with van der Waals surface area (Å²) < 4.78 is 6.83. The number of hydrogen-bond donors (Lipinski definition) is 0. The van der Waals surface area contributed by atoms with Gasteiger partial charge in [-0.2, -0.15) is 4.98 Å². The molecule has 3 heterocycles. The summed E-state index contributed by atoms with van der Waals surface area (Å²) >= 11 is 0. The number of aromatic nitrogens is 5. The van der Waals surface area contributed by atoms with E-state index in [9.17, 15) is 0 Å². The van der Waals surface area contributed by atoms with Crippen molar-refractivity contribution < 1.29 is 4.52 Å². The minimum Gasteiger partial charge on any atom is -0.332 e. The summed E-state index contributed by atoms with van der Waals surface area (Å²) in [5.74, 6) is 1.62. The number of nitrogens with zero attached hydrogens (tertiary/aromatic N) is 5. The molecule has 0 aliphatic carbocycles. The molecular formula is C9H7N5O. The van der Waals surface area contributed by atoms with Crippen molar-refractivity contribution in [1.82, 2.24) is 24.5 Å². The molecule has 0 aliphatic heterocycles. The molecule has 3 aromatic heterocycles. The fourth-order valence-electron chi connectivity index (χ4n) is 1.32. The van der Waals surface area contributed by atoms with Crippen LogP contribution in [0.15, 0.2) is 29.2 Å². The SMILES string of the molecule is Cc1noc(-c2ccn3ccnc3n2)n1. The van der Waals surface area contributed by atoms with E-state index < -0.39 is 0 Å². The van der Waals surface area contributed by atoms with E-state index in [1.807, 2.05) is 22.9 Å². The summed E-state index contributed by atoms with van der Waals surface area (Å²) in [6, 6.07) is 1.81. The number of aryl methyl sites for hydroxylation is 1. The molecule has 0 fully saturated rings. The van der Waals surface area contributed by atoms with Crippen molar-refractivity contribution in [3.8, 4) is 11.6 Å². The first kappa shape index (κ1) is 8.10. The Balaban J connectivity index is 2.18. The fraction of sp³-hybridized carbons (Fsp3) is 0.111. The second kappa shape index (κ2) is 2.88. The van der Waals surface area contributed by atoms with Crippen molar-refractivity contribution in [1.29, 1.82) is 0 Å². The maximum Gasteiger partial charge on any atom is 0.276 e. The minimum absolute atomic E-state index is 0.415. The normalized spacial score (nSPS) is 11.0. The van der Waals surface area contributed by atoms with Crippen LogP contribution >= 0.6 is 0 Å². The van der Waals surface area contributed by atoms with Crippen LogP contribution < -0.4 is 0 Å². The Labute approximate surface area is 84.6 Å². The van der Waals surface area contributed by atoms with Crippen LogP contribution in [0.1, 0.15) is 5.82 Å². The zero-order valence-corrected chi connectivity index (χ0v) is 7.95. The maximum absolute atomic E-state index is 5.02. The summed E-state index contributed by atoms with van der Waals surface area (Å²) in [7, 11) is 0. The van der Waals surface area contributed by atoms with E-state index in [0.29, 0.717) is 23.2 Å². The van der Waals surface area contributed by atoms with Gasteiger partial charge in [-0.25, -0.2) is 9.97 Å². The molecule has 3 rings (SSSR count). The molecule has 0 N–H and O–H groups in total. The Morgan fingerprint density at radius 2 is 2.20 bits per heavy atom. The molecule has 0 bridgehead atoms. The van der Waals surface area contributed by atoms with Crippen LogP contribution in [0.2, 0.25) is 0 Å². The molecule has 0 aromatic carbocycles. The zero-order valence-electron chi connectivity index (χ0n) is 7.95. The van der Waals surface area contributed by atoms with Gasteiger partial charge in [-0.15, -0.1) is 0 Å². The first-order valence-electron chi connectivity index (χ1n) is 4.43. The van der Waals surface area contributed by atoms with Crippen molar-refractivity contribution in [3.05, 3.63) is 30.5 Å². The summed E-state index contributed by atoms with van der Waals surface area (Å²) in [6.45, 7) is 1.76. The van der Waals surface area contributed by atoms with E-state index in [0.717, 1.165) is 0 Å². The Kier molecular flexibility index (Phi) is 1.55. The van der Waals surface area contributed by atoms with E-state index in [1.54, 1.807) is 13.1 Å². The molecule has 15 heavy (non-hydrogen) atoms. The lowest BCUT2D eigenvalue weighted by Crippen LogP contribution is -1.90. The molecule has 6 heteroatoms. The summed E-state index contributed by atoms with van der Waals surface area (Å²) in [4.78, 5) is 12.4. The van der Waals surface area contributed by atoms with E-state index in [4.69, 9.17) is 4.52 Å². The smallest absolute Gasteiger partial charge is 0.276 e. The molecule has 0 unspecified atom stereocenters. The van der Waals surface area contributed by atoms with Gasteiger partial charge in [0.1, 0.15) is 5.69 Å². The van der Waals surface area contributed by atoms with Crippen LogP contribution in [0.4, 0.5) is 0 Å². The molecule has 6 nitrogen and oxygen atoms in total. The van der Waals surface area contributed by atoms with E-state index >= 15 is 0 Å². The van der Waals surface area contributed by atoms with Crippen LogP contribution in [0.5, 0.6) is 0 Å².